The SMILES string of the molecule is CCS(=O)(=O)Nc1ccccc1CN1CCC(Nc2cccc3cnccc23)C1. The molecule has 1 aliphatic heterocycles. The molecular weight excluding hydrogens is 384 g/mol. The maximum Gasteiger partial charge on any atom is 0.232 e. The van der Waals surface area contributed by atoms with Gasteiger partial charge in [-0.15, -0.1) is 0 Å². The second-order valence-electron chi connectivity index (χ2n) is 7.43. The van der Waals surface area contributed by atoms with Crippen LogP contribution in [0.3, 0.4) is 0 Å². The Bertz CT molecular complexity index is 1100. The molecule has 0 saturated carbocycles. The van der Waals surface area contributed by atoms with Gasteiger partial charge in [0.05, 0.1) is 11.4 Å². The highest BCUT2D eigenvalue weighted by atomic mass is 32.2. The van der Waals surface area contributed by atoms with E-state index in [4.69, 9.17) is 0 Å². The summed E-state index contributed by atoms with van der Waals surface area (Å²) in [6.45, 7) is 4.25. The Hall–Kier alpha value is -2.64. The van der Waals surface area contributed by atoms with Crippen LogP contribution in [0.15, 0.2) is 60.9 Å². The van der Waals surface area contributed by atoms with Crippen molar-refractivity contribution in [1.82, 2.24) is 9.88 Å². The Morgan fingerprint density at radius 3 is 2.79 bits per heavy atom. The van der Waals surface area contributed by atoms with Crippen LogP contribution in [0.2, 0.25) is 0 Å². The van der Waals surface area contributed by atoms with Gasteiger partial charge in [-0.2, -0.15) is 0 Å². The molecule has 1 aliphatic rings. The summed E-state index contributed by atoms with van der Waals surface area (Å²) in [5.74, 6) is 0.0671. The van der Waals surface area contributed by atoms with Crippen molar-refractivity contribution >= 4 is 32.2 Å². The number of sulfonamides is 1. The van der Waals surface area contributed by atoms with Crippen LogP contribution < -0.4 is 10.0 Å². The lowest BCUT2D eigenvalue weighted by Gasteiger charge is -2.20. The number of benzene rings is 2. The van der Waals surface area contributed by atoms with Gasteiger partial charge >= 0.3 is 0 Å². The third kappa shape index (κ3) is 4.68. The number of hydrogen-bond acceptors (Lipinski definition) is 5. The third-order valence-corrected chi connectivity index (χ3v) is 6.66. The molecule has 4 rings (SSSR count). The standard InChI is InChI=1S/C22H26N4O2S/c1-2-29(27,28)25-21-8-4-3-6-18(21)15-26-13-11-19(16-26)24-22-9-5-7-17-14-23-12-10-20(17)22/h3-10,12,14,19,24-25H,2,11,13,15-16H2,1H3. The number of fused-ring (bicyclic) bond motifs is 1. The van der Waals surface area contributed by atoms with Gasteiger partial charge in [0.2, 0.25) is 10.0 Å². The van der Waals surface area contributed by atoms with Gasteiger partial charge in [-0.05, 0) is 37.1 Å². The highest BCUT2D eigenvalue weighted by molar-refractivity contribution is 7.92. The molecule has 0 radical (unpaired) electrons. The van der Waals surface area contributed by atoms with Crippen molar-refractivity contribution in [2.75, 3.05) is 28.9 Å². The van der Waals surface area contributed by atoms with Gasteiger partial charge in [0.25, 0.3) is 0 Å². The van der Waals surface area contributed by atoms with Gasteiger partial charge in [0, 0.05) is 54.5 Å². The minimum Gasteiger partial charge on any atom is -0.380 e. The summed E-state index contributed by atoms with van der Waals surface area (Å²) in [5, 5.41) is 5.99. The van der Waals surface area contributed by atoms with Crippen LogP contribution in [-0.4, -0.2) is 43.2 Å². The monoisotopic (exact) mass is 410 g/mol. The third-order valence-electron chi connectivity index (χ3n) is 5.37. The van der Waals surface area contributed by atoms with Crippen LogP contribution >= 0.6 is 0 Å². The zero-order chi connectivity index (χ0) is 20.3. The van der Waals surface area contributed by atoms with Crippen LogP contribution in [0.5, 0.6) is 0 Å². The maximum absolute atomic E-state index is 12.0. The molecule has 2 aromatic carbocycles. The van der Waals surface area contributed by atoms with Crippen molar-refractivity contribution in [1.29, 1.82) is 0 Å². The van der Waals surface area contributed by atoms with Crippen molar-refractivity contribution in [2.24, 2.45) is 0 Å². The van der Waals surface area contributed by atoms with Crippen molar-refractivity contribution in [2.45, 2.75) is 25.9 Å². The minimum absolute atomic E-state index is 0.0671. The van der Waals surface area contributed by atoms with Gasteiger partial charge in [0.1, 0.15) is 0 Å². The number of aromatic nitrogens is 1. The molecule has 1 atom stereocenters. The summed E-state index contributed by atoms with van der Waals surface area (Å²) in [4.78, 5) is 6.56. The fourth-order valence-electron chi connectivity index (χ4n) is 3.80. The van der Waals surface area contributed by atoms with E-state index in [1.54, 1.807) is 6.92 Å². The second kappa shape index (κ2) is 8.39. The fourth-order valence-corrected chi connectivity index (χ4v) is 4.48. The predicted octanol–water partition coefficient (Wildman–Crippen LogP) is 3.68. The van der Waals surface area contributed by atoms with Gasteiger partial charge in [0.15, 0.2) is 0 Å². The molecule has 3 aromatic rings. The van der Waals surface area contributed by atoms with Crippen molar-refractivity contribution in [3.63, 3.8) is 0 Å². The number of likely N-dealkylation sites (tertiary alicyclic amines) is 1. The van der Waals surface area contributed by atoms with E-state index in [1.807, 2.05) is 42.7 Å². The molecule has 1 aromatic heterocycles. The van der Waals surface area contributed by atoms with Gasteiger partial charge < -0.3 is 5.32 Å². The number of anilines is 2. The van der Waals surface area contributed by atoms with E-state index in [2.05, 4.69) is 38.1 Å². The summed E-state index contributed by atoms with van der Waals surface area (Å²) < 4.78 is 26.7. The molecule has 152 valence electrons. The molecule has 0 bridgehead atoms. The number of para-hydroxylation sites is 1. The molecule has 0 spiro atoms. The van der Waals surface area contributed by atoms with Crippen LogP contribution in [0.4, 0.5) is 11.4 Å². The summed E-state index contributed by atoms with van der Waals surface area (Å²) in [6.07, 6.45) is 4.75. The Labute approximate surface area is 172 Å². The van der Waals surface area contributed by atoms with E-state index in [-0.39, 0.29) is 5.75 Å². The summed E-state index contributed by atoms with van der Waals surface area (Å²) in [7, 11) is -3.29. The Morgan fingerprint density at radius 2 is 1.93 bits per heavy atom. The molecule has 1 fully saturated rings. The number of rotatable bonds is 7. The number of nitrogens with one attached hydrogen (secondary N) is 2. The summed E-state index contributed by atoms with van der Waals surface area (Å²) in [6, 6.07) is 16.3. The van der Waals surface area contributed by atoms with Crippen molar-refractivity contribution in [3.05, 3.63) is 66.5 Å². The minimum atomic E-state index is -3.29. The fraction of sp³-hybridized carbons (Fsp3) is 0.318. The van der Waals surface area contributed by atoms with Crippen LogP contribution in [-0.2, 0) is 16.6 Å². The summed E-state index contributed by atoms with van der Waals surface area (Å²) >= 11 is 0. The lowest BCUT2D eigenvalue weighted by Crippen LogP contribution is -2.26. The summed E-state index contributed by atoms with van der Waals surface area (Å²) in [5.41, 5.74) is 2.81. The first-order valence-electron chi connectivity index (χ1n) is 9.94. The maximum atomic E-state index is 12.0. The largest absolute Gasteiger partial charge is 0.380 e. The van der Waals surface area contributed by atoms with E-state index in [9.17, 15) is 8.42 Å². The lowest BCUT2D eigenvalue weighted by atomic mass is 10.1. The molecule has 2 N–H and O–H groups in total. The molecule has 1 saturated heterocycles. The average Bonchev–Trinajstić information content (AvgIpc) is 3.16. The molecular formula is C22H26N4O2S. The van der Waals surface area contributed by atoms with Gasteiger partial charge in [-0.1, -0.05) is 30.3 Å². The Morgan fingerprint density at radius 1 is 1.10 bits per heavy atom. The molecule has 1 unspecified atom stereocenters. The molecule has 7 heteroatoms. The highest BCUT2D eigenvalue weighted by Crippen LogP contribution is 2.26. The van der Waals surface area contributed by atoms with Gasteiger partial charge in [-0.3, -0.25) is 14.6 Å². The van der Waals surface area contributed by atoms with Crippen molar-refractivity contribution < 1.29 is 8.42 Å². The average molecular weight is 411 g/mol. The first-order valence-corrected chi connectivity index (χ1v) is 11.6. The van der Waals surface area contributed by atoms with E-state index in [1.165, 1.54) is 5.39 Å². The predicted molar refractivity (Wildman–Crippen MR) is 119 cm³/mol. The Balaban J connectivity index is 1.43. The van der Waals surface area contributed by atoms with Crippen LogP contribution in [0, 0.1) is 0 Å². The first kappa shape index (κ1) is 19.7. The van der Waals surface area contributed by atoms with Crippen LogP contribution in [0.25, 0.3) is 10.8 Å². The Kier molecular flexibility index (Phi) is 5.69. The van der Waals surface area contributed by atoms with E-state index in [0.29, 0.717) is 11.7 Å². The van der Waals surface area contributed by atoms with Gasteiger partial charge in [-0.25, -0.2) is 8.42 Å². The zero-order valence-electron chi connectivity index (χ0n) is 16.5. The molecule has 6 nitrogen and oxygen atoms in total. The highest BCUT2D eigenvalue weighted by Gasteiger charge is 2.23. The number of hydrogen-bond donors (Lipinski definition) is 2. The number of nitrogens with zero attached hydrogens (tertiary/aromatic N) is 2. The normalized spacial score (nSPS) is 17.5. The van der Waals surface area contributed by atoms with E-state index in [0.717, 1.165) is 42.7 Å². The number of pyridine rings is 1. The molecule has 0 aliphatic carbocycles. The quantitative estimate of drug-likeness (QED) is 0.621. The second-order valence-corrected chi connectivity index (χ2v) is 9.44. The lowest BCUT2D eigenvalue weighted by molar-refractivity contribution is 0.329. The smallest absolute Gasteiger partial charge is 0.232 e. The van der Waals surface area contributed by atoms with E-state index >= 15 is 0 Å². The molecule has 0 amide bonds. The topological polar surface area (TPSA) is 74.3 Å². The zero-order valence-corrected chi connectivity index (χ0v) is 17.3. The molecule has 2 heterocycles. The van der Waals surface area contributed by atoms with E-state index < -0.39 is 10.0 Å². The van der Waals surface area contributed by atoms with Crippen molar-refractivity contribution in [3.8, 4) is 0 Å². The van der Waals surface area contributed by atoms with Crippen LogP contribution in [0.1, 0.15) is 18.9 Å². The first-order chi connectivity index (χ1) is 14.0. The molecule has 29 heavy (non-hydrogen) atoms.